The highest BCUT2D eigenvalue weighted by Gasteiger charge is 2.34. The Bertz CT molecular complexity index is 3170. The van der Waals surface area contributed by atoms with E-state index in [2.05, 4.69) is 142 Å². The second-order valence-corrected chi connectivity index (χ2v) is 28.1. The van der Waals surface area contributed by atoms with Gasteiger partial charge in [-0.1, -0.05) is 154 Å². The monoisotopic (exact) mass is 1490 g/mol. The van der Waals surface area contributed by atoms with Crippen LogP contribution in [-0.2, 0) is 37.0 Å². The third kappa shape index (κ3) is 25.1. The predicted molar refractivity (Wildman–Crippen MR) is 398 cm³/mol. The molecule has 6 aromatic carbocycles. The Kier molecular flexibility index (Phi) is 31.8. The number of amides is 6. The summed E-state index contributed by atoms with van der Waals surface area (Å²) < 4.78 is 41.8. The maximum atomic E-state index is 13.5. The Morgan fingerprint density at radius 2 is 0.875 bits per heavy atom. The average molecular weight is 1490 g/mol. The standard InChI is InChI=1S/C30H38F3N3O2.C24H32BrN3O.C24H32IN3O/c1-4-8-22(3)35-17-15-27(16-18-35)36(21-24-10-6-9-23(19-24)13-14-28(37)5-2)29(38)34-26-12-7-11-25(20-26)30(31,32)33;2*1-3-7-19(2)27-16-14-23(15-17-27)28(18-20-8-5-4-6-9-20)24(29)26-22-12-10-21(25)11-13-22/h5-7,9-12,19-20,22,27H,2,4,8,13-18,21H2,1,3H3,(H,34,38);2*4-6,8-13,19,23H,3,7,14-18H2,1-2H3,(H,26,29). The van der Waals surface area contributed by atoms with Gasteiger partial charge in [0.05, 0.1) is 5.56 Å². The highest BCUT2D eigenvalue weighted by atomic mass is 127. The van der Waals surface area contributed by atoms with Crippen LogP contribution in [-0.4, -0.2) is 129 Å². The molecule has 3 N–H and O–H groups in total. The highest BCUT2D eigenvalue weighted by Crippen LogP contribution is 2.32. The van der Waals surface area contributed by atoms with Crippen LogP contribution < -0.4 is 16.0 Å². The molecule has 96 heavy (non-hydrogen) atoms. The van der Waals surface area contributed by atoms with Crippen LogP contribution >= 0.6 is 38.5 Å². The molecule has 3 unspecified atom stereocenters. The van der Waals surface area contributed by atoms with Gasteiger partial charge in [0.25, 0.3) is 0 Å². The summed E-state index contributed by atoms with van der Waals surface area (Å²) in [7, 11) is 0. The first kappa shape index (κ1) is 76.8. The van der Waals surface area contributed by atoms with E-state index >= 15 is 0 Å². The van der Waals surface area contributed by atoms with Crippen molar-refractivity contribution in [3.8, 4) is 0 Å². The summed E-state index contributed by atoms with van der Waals surface area (Å²) in [6, 6.07) is 50.6. The molecule has 0 aromatic heterocycles. The van der Waals surface area contributed by atoms with Crippen molar-refractivity contribution in [3.63, 3.8) is 0 Å². The van der Waals surface area contributed by atoms with Crippen LogP contribution in [0.3, 0.4) is 0 Å². The van der Waals surface area contributed by atoms with Crippen molar-refractivity contribution in [2.45, 2.75) is 193 Å². The van der Waals surface area contributed by atoms with Gasteiger partial charge in [0.1, 0.15) is 0 Å². The van der Waals surface area contributed by atoms with Gasteiger partial charge in [-0.05, 0) is 203 Å². The molecule has 6 amide bonds. The van der Waals surface area contributed by atoms with Crippen molar-refractivity contribution in [2.75, 3.05) is 55.2 Å². The summed E-state index contributed by atoms with van der Waals surface area (Å²) >= 11 is 5.73. The quantitative estimate of drug-likeness (QED) is 0.0385. The van der Waals surface area contributed by atoms with Crippen molar-refractivity contribution >= 4 is 79.5 Å². The van der Waals surface area contributed by atoms with E-state index < -0.39 is 17.8 Å². The molecule has 6 aromatic rings. The lowest BCUT2D eigenvalue weighted by atomic mass is 9.99. The molecule has 0 bridgehead atoms. The number of alkyl halides is 3. The van der Waals surface area contributed by atoms with Crippen LogP contribution in [0, 0.1) is 3.57 Å². The zero-order valence-corrected chi connectivity index (χ0v) is 61.0. The topological polar surface area (TPSA) is 124 Å². The molecule has 0 aliphatic carbocycles. The fourth-order valence-electron chi connectivity index (χ4n) is 13.3. The minimum absolute atomic E-state index is 0.00452. The number of rotatable bonds is 25. The van der Waals surface area contributed by atoms with Crippen molar-refractivity contribution < 1.29 is 32.3 Å². The zero-order chi connectivity index (χ0) is 69.0. The molecule has 3 fully saturated rings. The molecule has 13 nitrogen and oxygen atoms in total. The van der Waals surface area contributed by atoms with Gasteiger partial charge in [-0.3, -0.25) is 4.79 Å². The SMILES string of the molecule is C=CC(=O)CCc1cccc(CN(C(=O)Nc2cccc(C(F)(F)F)c2)C2CCN(C(C)CCC)CC2)c1.CCCC(C)N1CCC(N(Cc2ccccc2)C(=O)Nc2ccc(Br)cc2)CC1.CCCC(C)N1CCC(N(Cc2ccccc2)C(=O)Nc2ccc(I)cc2)CC1. The Balaban J connectivity index is 0.000000206. The molecule has 9 rings (SSSR count). The van der Waals surface area contributed by atoms with E-state index in [-0.39, 0.29) is 41.7 Å². The lowest BCUT2D eigenvalue weighted by molar-refractivity contribution is -0.137. The van der Waals surface area contributed by atoms with E-state index in [9.17, 15) is 32.3 Å². The first-order chi connectivity index (χ1) is 46.2. The number of carbonyl (C=O) groups excluding carboxylic acids is 4. The molecule has 18 heteroatoms. The first-order valence-electron chi connectivity index (χ1n) is 34.7. The van der Waals surface area contributed by atoms with Crippen LogP contribution in [0.25, 0.3) is 0 Å². The molecule has 0 radical (unpaired) electrons. The van der Waals surface area contributed by atoms with Crippen molar-refractivity contribution in [2.24, 2.45) is 0 Å². The van der Waals surface area contributed by atoms with Crippen LogP contribution in [0.4, 0.5) is 44.6 Å². The second kappa shape index (κ2) is 39.7. The van der Waals surface area contributed by atoms with E-state index in [4.69, 9.17) is 0 Å². The number of allylic oxidation sites excluding steroid dienone is 1. The largest absolute Gasteiger partial charge is 0.416 e. The average Bonchev–Trinajstić information content (AvgIpc) is 0.935. The Morgan fingerprint density at radius 3 is 1.27 bits per heavy atom. The third-order valence-corrected chi connectivity index (χ3v) is 20.1. The summed E-state index contributed by atoms with van der Waals surface area (Å²) in [5.74, 6) is -0.0263. The number of carbonyl (C=O) groups is 4. The number of hydrogen-bond acceptors (Lipinski definition) is 7. The van der Waals surface area contributed by atoms with Gasteiger partial charge in [0, 0.05) is 127 Å². The number of piperidine rings is 3. The van der Waals surface area contributed by atoms with Crippen LogP contribution in [0.1, 0.15) is 153 Å². The van der Waals surface area contributed by atoms with Gasteiger partial charge in [-0.25, -0.2) is 14.4 Å². The molecule has 3 heterocycles. The molecule has 3 aliphatic heterocycles. The number of anilines is 3. The third-order valence-electron chi connectivity index (χ3n) is 18.8. The van der Waals surface area contributed by atoms with Gasteiger partial charge in [-0.2, -0.15) is 13.2 Å². The Morgan fingerprint density at radius 1 is 0.510 bits per heavy atom. The lowest BCUT2D eigenvalue weighted by Gasteiger charge is -2.40. The summed E-state index contributed by atoms with van der Waals surface area (Å²) in [5.41, 5.74) is 5.22. The van der Waals surface area contributed by atoms with Crippen molar-refractivity contribution in [1.29, 1.82) is 0 Å². The minimum Gasteiger partial charge on any atom is -0.317 e. The fourth-order valence-corrected chi connectivity index (χ4v) is 13.9. The smallest absolute Gasteiger partial charge is 0.317 e. The van der Waals surface area contributed by atoms with E-state index in [0.717, 1.165) is 133 Å². The number of likely N-dealkylation sites (tertiary alicyclic amines) is 3. The molecule has 0 spiro atoms. The zero-order valence-electron chi connectivity index (χ0n) is 57.2. The number of nitrogens with one attached hydrogen (secondary N) is 3. The van der Waals surface area contributed by atoms with Gasteiger partial charge in [0.2, 0.25) is 0 Å². The number of benzene rings is 6. The van der Waals surface area contributed by atoms with Crippen molar-refractivity contribution in [1.82, 2.24) is 29.4 Å². The van der Waals surface area contributed by atoms with Gasteiger partial charge >= 0.3 is 24.3 Å². The van der Waals surface area contributed by atoms with E-state index in [1.54, 1.807) is 4.90 Å². The number of ketones is 1. The van der Waals surface area contributed by atoms with Crippen LogP contribution in [0.5, 0.6) is 0 Å². The molecule has 3 aliphatic rings. The second-order valence-electron chi connectivity index (χ2n) is 25.9. The number of nitrogens with zero attached hydrogens (tertiary/aromatic N) is 6. The number of urea groups is 3. The number of aryl methyl sites for hydroxylation is 1. The van der Waals surface area contributed by atoms with Crippen LogP contribution in [0.15, 0.2) is 175 Å². The Hall–Kier alpha value is -6.58. The maximum absolute atomic E-state index is 13.5. The maximum Gasteiger partial charge on any atom is 0.416 e. The minimum atomic E-state index is -4.49. The molecule has 0 saturated carbocycles. The van der Waals surface area contributed by atoms with Gasteiger partial charge in [-0.15, -0.1) is 0 Å². The fraction of sp³-hybridized carbons (Fsp3) is 0.462. The number of halogens is 5. The van der Waals surface area contributed by atoms with E-state index in [1.165, 1.54) is 55.0 Å². The van der Waals surface area contributed by atoms with Crippen LogP contribution in [0.2, 0.25) is 0 Å². The Labute approximate surface area is 592 Å². The van der Waals surface area contributed by atoms with E-state index in [1.807, 2.05) is 119 Å². The number of hydrogen-bond donors (Lipinski definition) is 3. The van der Waals surface area contributed by atoms with Gasteiger partial charge in [0.15, 0.2) is 5.78 Å². The molecular formula is C78H102BrF3IN9O4. The first-order valence-corrected chi connectivity index (χ1v) is 36.5. The lowest BCUT2D eigenvalue weighted by Crippen LogP contribution is -2.50. The molecule has 518 valence electrons. The van der Waals surface area contributed by atoms with E-state index in [0.29, 0.717) is 50.6 Å². The molecule has 3 atom stereocenters. The summed E-state index contributed by atoms with van der Waals surface area (Å²) in [6.07, 6.45) is 10.6. The summed E-state index contributed by atoms with van der Waals surface area (Å²) in [6.45, 7) is 24.6. The predicted octanol–water partition coefficient (Wildman–Crippen LogP) is 19.2. The van der Waals surface area contributed by atoms with Crippen molar-refractivity contribution in [3.05, 3.63) is 206 Å². The molecule has 3 saturated heterocycles. The highest BCUT2D eigenvalue weighted by molar-refractivity contribution is 14.1. The normalized spacial score (nSPS) is 16.1. The van der Waals surface area contributed by atoms with Gasteiger partial charge < -0.3 is 45.3 Å². The summed E-state index contributed by atoms with van der Waals surface area (Å²) in [5, 5.41) is 8.91. The molecular weight excluding hydrogens is 1390 g/mol. The summed E-state index contributed by atoms with van der Waals surface area (Å²) in [4.78, 5) is 65.0.